The molecule has 0 fully saturated rings. The summed E-state index contributed by atoms with van der Waals surface area (Å²) in [5.74, 6) is 0. The van der Waals surface area contributed by atoms with E-state index < -0.39 is 0 Å². The van der Waals surface area contributed by atoms with Gasteiger partial charge in [0.1, 0.15) is 0 Å². The van der Waals surface area contributed by atoms with Crippen LogP contribution in [0.25, 0.3) is 0 Å². The molecule has 0 spiro atoms. The Morgan fingerprint density at radius 3 is 1.73 bits per heavy atom. The van der Waals surface area contributed by atoms with Crippen LogP contribution in [0, 0.1) is 5.41 Å². The number of hydrogen-bond donors (Lipinski definition) is 1. The highest BCUT2D eigenvalue weighted by Gasteiger charge is 2.26. The molecule has 0 aromatic heterocycles. The highest BCUT2D eigenvalue weighted by molar-refractivity contribution is 7.81. The second-order valence-electron chi connectivity index (χ2n) is 6.91. The van der Waals surface area contributed by atoms with Crippen LogP contribution in [0.4, 0.5) is 0 Å². The number of rotatable bonds is 5. The molecule has 0 saturated carbocycles. The molecule has 0 saturated heterocycles. The van der Waals surface area contributed by atoms with Crippen molar-refractivity contribution in [2.75, 3.05) is 6.61 Å². The summed E-state index contributed by atoms with van der Waals surface area (Å²) in [6, 6.07) is 0. The minimum atomic E-state index is -0.0305. The predicted octanol–water partition coefficient (Wildman–Crippen LogP) is 4.32. The second kappa shape index (κ2) is 5.09. The largest absolute Gasteiger partial charge is 0.376 e. The van der Waals surface area contributed by atoms with Crippen LogP contribution in [0.1, 0.15) is 61.3 Å². The summed E-state index contributed by atoms with van der Waals surface area (Å²) < 4.78 is 6.00. The van der Waals surface area contributed by atoms with Gasteiger partial charge in [-0.1, -0.05) is 34.6 Å². The van der Waals surface area contributed by atoms with Crippen molar-refractivity contribution in [3.8, 4) is 0 Å². The van der Waals surface area contributed by atoms with Gasteiger partial charge in [-0.05, 0) is 32.1 Å². The first-order chi connectivity index (χ1) is 6.41. The fraction of sp³-hybridized carbons (Fsp3) is 1.00. The van der Waals surface area contributed by atoms with E-state index in [-0.39, 0.29) is 10.3 Å². The van der Waals surface area contributed by atoms with Crippen molar-refractivity contribution in [2.45, 2.75) is 71.7 Å². The Kier molecular flexibility index (Phi) is 5.20. The smallest absolute Gasteiger partial charge is 0.0631 e. The van der Waals surface area contributed by atoms with E-state index in [1.807, 2.05) is 0 Å². The van der Waals surface area contributed by atoms with Crippen LogP contribution in [0.3, 0.4) is 0 Å². The summed E-state index contributed by atoms with van der Waals surface area (Å²) in [5, 5.41) is 0. The van der Waals surface area contributed by atoms with Crippen LogP contribution >= 0.6 is 12.6 Å². The lowest BCUT2D eigenvalue weighted by atomic mass is 9.83. The Hall–Kier alpha value is 0.310. The van der Waals surface area contributed by atoms with Gasteiger partial charge < -0.3 is 4.74 Å². The third-order valence-corrected chi connectivity index (χ3v) is 2.39. The average molecular weight is 232 g/mol. The average Bonchev–Trinajstić information content (AvgIpc) is 1.75. The molecule has 1 nitrogen and oxygen atoms in total. The van der Waals surface area contributed by atoms with Gasteiger partial charge in [0.15, 0.2) is 0 Å². The molecule has 0 aromatic carbocycles. The topological polar surface area (TPSA) is 9.23 Å². The zero-order valence-electron chi connectivity index (χ0n) is 11.5. The summed E-state index contributed by atoms with van der Waals surface area (Å²) in [6.07, 6.45) is 2.07. The van der Waals surface area contributed by atoms with E-state index in [1.54, 1.807) is 0 Å². The number of hydrogen-bond acceptors (Lipinski definition) is 2. The summed E-state index contributed by atoms with van der Waals surface area (Å²) in [5.41, 5.74) is 0.289. The fourth-order valence-corrected chi connectivity index (χ4v) is 2.00. The third-order valence-electron chi connectivity index (χ3n) is 2.16. The van der Waals surface area contributed by atoms with Gasteiger partial charge in [-0.15, -0.1) is 0 Å². The Bertz CT molecular complexity index is 184. The summed E-state index contributed by atoms with van der Waals surface area (Å²) >= 11 is 4.49. The van der Waals surface area contributed by atoms with Crippen molar-refractivity contribution in [2.24, 2.45) is 5.41 Å². The standard InChI is InChI=1S/C13H28OS/c1-11(2,3)10-12(4,5)14-9-8-13(6,7)15/h15H,8-10H2,1-7H3. The van der Waals surface area contributed by atoms with Crippen LogP contribution in [0.15, 0.2) is 0 Å². The van der Waals surface area contributed by atoms with Crippen molar-refractivity contribution in [1.29, 1.82) is 0 Å². The predicted molar refractivity (Wildman–Crippen MR) is 71.8 cm³/mol. The Balaban J connectivity index is 3.95. The molecule has 92 valence electrons. The van der Waals surface area contributed by atoms with Crippen molar-refractivity contribution in [1.82, 2.24) is 0 Å². The monoisotopic (exact) mass is 232 g/mol. The molecule has 0 amide bonds. The van der Waals surface area contributed by atoms with Gasteiger partial charge in [0.05, 0.1) is 5.60 Å². The molecule has 0 aliphatic rings. The van der Waals surface area contributed by atoms with Gasteiger partial charge in [0.25, 0.3) is 0 Å². The lowest BCUT2D eigenvalue weighted by Crippen LogP contribution is -2.31. The highest BCUT2D eigenvalue weighted by Crippen LogP contribution is 2.30. The molecule has 2 heteroatoms. The summed E-state index contributed by atoms with van der Waals surface area (Å²) in [4.78, 5) is 0. The molecule has 0 aliphatic heterocycles. The van der Waals surface area contributed by atoms with E-state index in [9.17, 15) is 0 Å². The van der Waals surface area contributed by atoms with Gasteiger partial charge in [0.2, 0.25) is 0 Å². The van der Waals surface area contributed by atoms with E-state index in [1.165, 1.54) is 0 Å². The minimum absolute atomic E-state index is 0.0305. The Morgan fingerprint density at radius 2 is 1.40 bits per heavy atom. The highest BCUT2D eigenvalue weighted by atomic mass is 32.1. The Labute approximate surface area is 101 Å². The SMILES string of the molecule is CC(C)(C)CC(C)(C)OCCC(C)(C)S. The van der Waals surface area contributed by atoms with E-state index >= 15 is 0 Å². The molecule has 0 N–H and O–H groups in total. The molecule has 0 aromatic rings. The summed E-state index contributed by atoms with van der Waals surface area (Å²) in [6.45, 7) is 16.1. The molecule has 0 radical (unpaired) electrons. The molecular formula is C13H28OS. The molecule has 0 heterocycles. The second-order valence-corrected chi connectivity index (χ2v) is 8.12. The van der Waals surface area contributed by atoms with Crippen LogP contribution in [-0.4, -0.2) is 17.0 Å². The zero-order chi connectivity index (χ0) is 12.3. The third kappa shape index (κ3) is 10.6. The van der Waals surface area contributed by atoms with Gasteiger partial charge in [-0.3, -0.25) is 0 Å². The molecule has 0 atom stereocenters. The fourth-order valence-electron chi connectivity index (χ4n) is 1.91. The van der Waals surface area contributed by atoms with Crippen LogP contribution < -0.4 is 0 Å². The van der Waals surface area contributed by atoms with E-state index in [2.05, 4.69) is 61.1 Å². The molecule has 15 heavy (non-hydrogen) atoms. The van der Waals surface area contributed by atoms with Gasteiger partial charge in [0, 0.05) is 11.4 Å². The molecule has 0 rings (SSSR count). The van der Waals surface area contributed by atoms with Gasteiger partial charge in [-0.25, -0.2) is 0 Å². The Morgan fingerprint density at radius 1 is 0.933 bits per heavy atom. The minimum Gasteiger partial charge on any atom is -0.376 e. The van der Waals surface area contributed by atoms with Crippen molar-refractivity contribution >= 4 is 12.6 Å². The maximum atomic E-state index is 5.93. The van der Waals surface area contributed by atoms with Crippen molar-refractivity contribution < 1.29 is 4.74 Å². The number of ether oxygens (including phenoxy) is 1. The van der Waals surface area contributed by atoms with Gasteiger partial charge in [-0.2, -0.15) is 12.6 Å². The number of thiol groups is 1. The van der Waals surface area contributed by atoms with Crippen LogP contribution in [-0.2, 0) is 4.74 Å². The zero-order valence-corrected chi connectivity index (χ0v) is 12.4. The lowest BCUT2D eigenvalue weighted by Gasteiger charge is -2.33. The molecule has 0 bridgehead atoms. The van der Waals surface area contributed by atoms with Crippen molar-refractivity contribution in [3.63, 3.8) is 0 Å². The molecular weight excluding hydrogens is 204 g/mol. The first-order valence-electron chi connectivity index (χ1n) is 5.78. The molecule has 0 aliphatic carbocycles. The summed E-state index contributed by atoms with van der Waals surface area (Å²) in [7, 11) is 0. The van der Waals surface area contributed by atoms with E-state index in [0.29, 0.717) is 5.41 Å². The first kappa shape index (κ1) is 15.3. The van der Waals surface area contributed by atoms with Crippen molar-refractivity contribution in [3.05, 3.63) is 0 Å². The molecule has 0 unspecified atom stereocenters. The van der Waals surface area contributed by atoms with E-state index in [0.717, 1.165) is 19.4 Å². The van der Waals surface area contributed by atoms with Gasteiger partial charge >= 0.3 is 0 Å². The lowest BCUT2D eigenvalue weighted by molar-refractivity contribution is -0.0456. The first-order valence-corrected chi connectivity index (χ1v) is 6.22. The quantitative estimate of drug-likeness (QED) is 0.695. The van der Waals surface area contributed by atoms with E-state index in [4.69, 9.17) is 4.74 Å². The maximum absolute atomic E-state index is 5.93. The van der Waals surface area contributed by atoms with Crippen LogP contribution in [0.2, 0.25) is 0 Å². The maximum Gasteiger partial charge on any atom is 0.0631 e. The normalized spacial score (nSPS) is 14.4. The van der Waals surface area contributed by atoms with Crippen LogP contribution in [0.5, 0.6) is 0 Å².